The molecule has 0 unspecified atom stereocenters. The van der Waals surface area contributed by atoms with Gasteiger partial charge in [-0.2, -0.15) is 0 Å². The number of carbonyl (C=O) groups is 2. The van der Waals surface area contributed by atoms with Crippen LogP contribution in [-0.2, 0) is 9.59 Å². The Hall–Kier alpha value is -2.30. The van der Waals surface area contributed by atoms with Gasteiger partial charge in [-0.1, -0.05) is 35.3 Å². The van der Waals surface area contributed by atoms with E-state index >= 15 is 0 Å². The summed E-state index contributed by atoms with van der Waals surface area (Å²) in [5, 5.41) is 3.57. The van der Waals surface area contributed by atoms with E-state index in [1.807, 2.05) is 0 Å². The summed E-state index contributed by atoms with van der Waals surface area (Å²) in [4.78, 5) is 24.8. The van der Waals surface area contributed by atoms with Crippen LogP contribution in [-0.4, -0.2) is 18.9 Å². The average Bonchev–Trinajstić information content (AvgIpc) is 2.56. The number of anilines is 2. The molecule has 2 aromatic rings. The van der Waals surface area contributed by atoms with Gasteiger partial charge in [-0.3, -0.25) is 9.59 Å². The van der Waals surface area contributed by atoms with Crippen molar-refractivity contribution in [1.29, 1.82) is 0 Å². The van der Waals surface area contributed by atoms with E-state index in [-0.39, 0.29) is 11.8 Å². The van der Waals surface area contributed by atoms with Gasteiger partial charge in [-0.15, -0.1) is 0 Å². The molecule has 0 aromatic heterocycles. The standard InChI is InChI=1S/C18H16Cl2N2O2/c1-12(23)22(2)15-9-7-14(8-10-15)21-17(24)11-6-13-4-3-5-16(19)18(13)20/h3-11H,1-2H3,(H,21,24). The molecular weight excluding hydrogens is 347 g/mol. The van der Waals surface area contributed by atoms with Gasteiger partial charge in [0.25, 0.3) is 0 Å². The Morgan fingerprint density at radius 1 is 1.08 bits per heavy atom. The summed E-state index contributed by atoms with van der Waals surface area (Å²) in [5.41, 5.74) is 2.04. The van der Waals surface area contributed by atoms with Crippen LogP contribution < -0.4 is 10.2 Å². The second-order valence-corrected chi connectivity index (χ2v) is 5.88. The van der Waals surface area contributed by atoms with E-state index in [2.05, 4.69) is 5.32 Å². The maximum Gasteiger partial charge on any atom is 0.248 e. The average molecular weight is 363 g/mol. The predicted octanol–water partition coefficient (Wildman–Crippen LogP) is 4.63. The summed E-state index contributed by atoms with van der Waals surface area (Å²) in [6.45, 7) is 1.49. The van der Waals surface area contributed by atoms with E-state index in [0.29, 0.717) is 21.3 Å². The van der Waals surface area contributed by atoms with Gasteiger partial charge in [-0.25, -0.2) is 0 Å². The van der Waals surface area contributed by atoms with Crippen molar-refractivity contribution >= 4 is 52.5 Å². The van der Waals surface area contributed by atoms with Gasteiger partial charge >= 0.3 is 0 Å². The molecule has 0 atom stereocenters. The first kappa shape index (κ1) is 18.0. The number of amides is 2. The molecule has 0 radical (unpaired) electrons. The maximum atomic E-state index is 12.0. The van der Waals surface area contributed by atoms with E-state index in [4.69, 9.17) is 23.2 Å². The number of nitrogens with one attached hydrogen (secondary N) is 1. The molecule has 6 heteroatoms. The number of rotatable bonds is 4. The Bertz CT molecular complexity index is 786. The van der Waals surface area contributed by atoms with Crippen molar-refractivity contribution in [1.82, 2.24) is 0 Å². The van der Waals surface area contributed by atoms with Crippen LogP contribution in [0.2, 0.25) is 10.0 Å². The first-order valence-electron chi connectivity index (χ1n) is 7.16. The van der Waals surface area contributed by atoms with Gasteiger partial charge in [0.1, 0.15) is 0 Å². The van der Waals surface area contributed by atoms with Gasteiger partial charge in [-0.05, 0) is 42.0 Å². The molecule has 2 aromatic carbocycles. The van der Waals surface area contributed by atoms with Crippen molar-refractivity contribution in [2.45, 2.75) is 6.92 Å². The molecule has 0 saturated heterocycles. The van der Waals surface area contributed by atoms with Crippen LogP contribution in [0.1, 0.15) is 12.5 Å². The van der Waals surface area contributed by atoms with Crippen LogP contribution in [0.25, 0.3) is 6.08 Å². The lowest BCUT2D eigenvalue weighted by Crippen LogP contribution is -2.22. The van der Waals surface area contributed by atoms with Crippen LogP contribution >= 0.6 is 23.2 Å². The molecule has 24 heavy (non-hydrogen) atoms. The predicted molar refractivity (Wildman–Crippen MR) is 99.7 cm³/mol. The van der Waals surface area contributed by atoms with Crippen molar-refractivity contribution < 1.29 is 9.59 Å². The zero-order chi connectivity index (χ0) is 17.7. The van der Waals surface area contributed by atoms with Gasteiger partial charge < -0.3 is 10.2 Å². The fourth-order valence-electron chi connectivity index (χ4n) is 1.95. The highest BCUT2D eigenvalue weighted by Gasteiger charge is 2.06. The fourth-order valence-corrected chi connectivity index (χ4v) is 2.32. The van der Waals surface area contributed by atoms with E-state index in [1.165, 1.54) is 17.9 Å². The Balaban J connectivity index is 2.03. The number of hydrogen-bond donors (Lipinski definition) is 1. The van der Waals surface area contributed by atoms with Crippen molar-refractivity contribution in [2.75, 3.05) is 17.3 Å². The largest absolute Gasteiger partial charge is 0.323 e. The Labute approximate surface area is 150 Å². The minimum atomic E-state index is -0.293. The quantitative estimate of drug-likeness (QED) is 0.806. The minimum absolute atomic E-state index is 0.0619. The molecule has 0 spiro atoms. The molecule has 2 amide bonds. The third-order valence-electron chi connectivity index (χ3n) is 3.39. The second kappa shape index (κ2) is 7.99. The normalized spacial score (nSPS) is 10.7. The molecule has 0 bridgehead atoms. The lowest BCUT2D eigenvalue weighted by Gasteiger charge is -2.15. The Morgan fingerprint density at radius 3 is 2.38 bits per heavy atom. The first-order valence-corrected chi connectivity index (χ1v) is 7.91. The van der Waals surface area contributed by atoms with Crippen LogP contribution in [0.4, 0.5) is 11.4 Å². The summed E-state index contributed by atoms with van der Waals surface area (Å²) in [6.07, 6.45) is 2.98. The SMILES string of the molecule is CC(=O)N(C)c1ccc(NC(=O)C=Cc2cccc(Cl)c2Cl)cc1. The monoisotopic (exact) mass is 362 g/mol. The van der Waals surface area contributed by atoms with Crippen molar-refractivity contribution in [3.8, 4) is 0 Å². The Kier molecular flexibility index (Phi) is 6.01. The third-order valence-corrected chi connectivity index (χ3v) is 4.22. The van der Waals surface area contributed by atoms with Gasteiger partial charge in [0, 0.05) is 31.4 Å². The highest BCUT2D eigenvalue weighted by Crippen LogP contribution is 2.26. The molecule has 124 valence electrons. The van der Waals surface area contributed by atoms with E-state index in [1.54, 1.807) is 55.6 Å². The molecule has 0 fully saturated rings. The fraction of sp³-hybridized carbons (Fsp3) is 0.111. The van der Waals surface area contributed by atoms with Crippen molar-refractivity contribution in [3.63, 3.8) is 0 Å². The van der Waals surface area contributed by atoms with Crippen molar-refractivity contribution in [3.05, 3.63) is 64.1 Å². The Morgan fingerprint density at radius 2 is 1.75 bits per heavy atom. The topological polar surface area (TPSA) is 49.4 Å². The van der Waals surface area contributed by atoms with Gasteiger partial charge in [0.15, 0.2) is 0 Å². The molecule has 0 saturated carbocycles. The first-order chi connectivity index (χ1) is 11.4. The van der Waals surface area contributed by atoms with Crippen molar-refractivity contribution in [2.24, 2.45) is 0 Å². The van der Waals surface area contributed by atoms with E-state index < -0.39 is 0 Å². The summed E-state index contributed by atoms with van der Waals surface area (Å²) < 4.78 is 0. The molecule has 1 N–H and O–H groups in total. The smallest absolute Gasteiger partial charge is 0.248 e. The van der Waals surface area contributed by atoms with Gasteiger partial charge in [0.2, 0.25) is 11.8 Å². The molecule has 0 aliphatic carbocycles. The summed E-state index contributed by atoms with van der Waals surface area (Å²) in [6, 6.07) is 12.2. The zero-order valence-electron chi connectivity index (χ0n) is 13.2. The van der Waals surface area contributed by atoms with Crippen LogP contribution in [0.5, 0.6) is 0 Å². The van der Waals surface area contributed by atoms with Gasteiger partial charge in [0.05, 0.1) is 10.0 Å². The zero-order valence-corrected chi connectivity index (χ0v) is 14.7. The minimum Gasteiger partial charge on any atom is -0.323 e. The molecule has 0 aliphatic heterocycles. The van der Waals surface area contributed by atoms with E-state index in [0.717, 1.165) is 5.69 Å². The van der Waals surface area contributed by atoms with Crippen LogP contribution in [0.15, 0.2) is 48.5 Å². The number of nitrogens with zero attached hydrogens (tertiary/aromatic N) is 1. The maximum absolute atomic E-state index is 12.0. The number of halogens is 2. The molecule has 2 rings (SSSR count). The lowest BCUT2D eigenvalue weighted by molar-refractivity contribution is -0.116. The summed E-state index contributed by atoms with van der Waals surface area (Å²) in [7, 11) is 1.69. The lowest BCUT2D eigenvalue weighted by atomic mass is 10.2. The molecule has 0 heterocycles. The summed E-state index contributed by atoms with van der Waals surface area (Å²) in [5.74, 6) is -0.355. The highest BCUT2D eigenvalue weighted by molar-refractivity contribution is 6.42. The number of carbonyl (C=O) groups excluding carboxylic acids is 2. The summed E-state index contributed by atoms with van der Waals surface area (Å²) >= 11 is 12.0. The van der Waals surface area contributed by atoms with E-state index in [9.17, 15) is 9.59 Å². The molecule has 0 aliphatic rings. The van der Waals surface area contributed by atoms with Crippen LogP contribution in [0, 0.1) is 0 Å². The third kappa shape index (κ3) is 4.60. The molecular formula is C18H16Cl2N2O2. The number of benzene rings is 2. The molecule has 4 nitrogen and oxygen atoms in total. The highest BCUT2D eigenvalue weighted by atomic mass is 35.5. The number of hydrogen-bond acceptors (Lipinski definition) is 2. The van der Waals surface area contributed by atoms with Crippen LogP contribution in [0.3, 0.4) is 0 Å². The second-order valence-electron chi connectivity index (χ2n) is 5.09.